The van der Waals surface area contributed by atoms with Crippen molar-refractivity contribution >= 4 is 22.9 Å². The van der Waals surface area contributed by atoms with Gasteiger partial charge in [-0.3, -0.25) is 4.40 Å². The molecule has 7 nitrogen and oxygen atoms in total. The third-order valence-electron chi connectivity index (χ3n) is 5.45. The molecule has 0 atom stereocenters. The van der Waals surface area contributed by atoms with Gasteiger partial charge in [-0.2, -0.15) is 0 Å². The number of benzene rings is 1. The lowest BCUT2D eigenvalue weighted by atomic mass is 9.94. The highest BCUT2D eigenvalue weighted by molar-refractivity contribution is 5.74. The molecule has 0 bridgehead atoms. The molecule has 1 saturated heterocycles. The number of nitrogens with zero attached hydrogens (tertiary/aromatic N) is 4. The van der Waals surface area contributed by atoms with Crippen LogP contribution in [0.1, 0.15) is 30.0 Å². The molecule has 0 radical (unpaired) electrons. The Balaban J connectivity index is 1.27. The van der Waals surface area contributed by atoms with Crippen molar-refractivity contribution < 1.29 is 9.53 Å². The molecule has 4 heterocycles. The minimum absolute atomic E-state index is 0.238. The van der Waals surface area contributed by atoms with Crippen LogP contribution in [-0.2, 0) is 11.3 Å². The summed E-state index contributed by atoms with van der Waals surface area (Å²) in [7, 11) is 0. The molecule has 1 fully saturated rings. The minimum Gasteiger partial charge on any atom is -0.445 e. The second kappa shape index (κ2) is 6.99. The van der Waals surface area contributed by atoms with E-state index < -0.39 is 0 Å². The molecule has 0 spiro atoms. The van der Waals surface area contributed by atoms with Gasteiger partial charge in [0.05, 0.1) is 11.7 Å². The van der Waals surface area contributed by atoms with Crippen molar-refractivity contribution in [3.63, 3.8) is 0 Å². The number of imidazole rings is 1. The molecule has 4 aromatic rings. The molecule has 1 aliphatic heterocycles. The summed E-state index contributed by atoms with van der Waals surface area (Å²) in [5.74, 6) is 0.355. The van der Waals surface area contributed by atoms with Crippen molar-refractivity contribution in [2.24, 2.45) is 0 Å². The fourth-order valence-corrected chi connectivity index (χ4v) is 3.95. The number of amides is 1. The second-order valence-corrected chi connectivity index (χ2v) is 7.15. The number of piperidine rings is 1. The van der Waals surface area contributed by atoms with Crippen molar-refractivity contribution in [1.82, 2.24) is 24.3 Å². The summed E-state index contributed by atoms with van der Waals surface area (Å²) in [6.45, 7) is 1.69. The van der Waals surface area contributed by atoms with Crippen molar-refractivity contribution in [3.8, 4) is 0 Å². The zero-order valence-electron chi connectivity index (χ0n) is 15.4. The molecule has 5 rings (SSSR count). The zero-order valence-corrected chi connectivity index (χ0v) is 15.4. The number of carbonyl (C=O) groups is 1. The van der Waals surface area contributed by atoms with Gasteiger partial charge in [-0.25, -0.2) is 14.8 Å². The van der Waals surface area contributed by atoms with Gasteiger partial charge in [-0.15, -0.1) is 0 Å². The maximum atomic E-state index is 12.4. The first-order valence-electron chi connectivity index (χ1n) is 9.54. The predicted molar refractivity (Wildman–Crippen MR) is 105 cm³/mol. The monoisotopic (exact) mass is 375 g/mol. The highest BCUT2D eigenvalue weighted by atomic mass is 16.6. The van der Waals surface area contributed by atoms with Gasteiger partial charge in [0, 0.05) is 37.1 Å². The third kappa shape index (κ3) is 2.98. The molecule has 0 saturated carbocycles. The van der Waals surface area contributed by atoms with Crippen LogP contribution in [0.3, 0.4) is 0 Å². The van der Waals surface area contributed by atoms with Crippen molar-refractivity contribution in [2.75, 3.05) is 13.1 Å². The standard InChI is InChI=1S/C21H21N5O2/c27-21(28-14-15-4-2-1-3-5-15)25-10-7-16(8-11-25)18-12-23-19-13-24-20-17(26(18)19)6-9-22-20/h1-6,9,12-13,16,22H,7-8,10-11,14H2. The van der Waals surface area contributed by atoms with Crippen LogP contribution in [0.4, 0.5) is 4.79 Å². The van der Waals surface area contributed by atoms with Crippen LogP contribution in [-0.4, -0.2) is 43.4 Å². The maximum absolute atomic E-state index is 12.4. The van der Waals surface area contributed by atoms with Gasteiger partial charge < -0.3 is 14.6 Å². The van der Waals surface area contributed by atoms with E-state index in [4.69, 9.17) is 4.74 Å². The molecule has 1 amide bonds. The largest absolute Gasteiger partial charge is 0.445 e. The number of likely N-dealkylation sites (tertiary alicyclic amines) is 1. The smallest absolute Gasteiger partial charge is 0.410 e. The van der Waals surface area contributed by atoms with Gasteiger partial charge >= 0.3 is 6.09 Å². The quantitative estimate of drug-likeness (QED) is 0.592. The number of aromatic nitrogens is 4. The van der Waals surface area contributed by atoms with Crippen molar-refractivity contribution in [1.29, 1.82) is 0 Å². The van der Waals surface area contributed by atoms with Gasteiger partial charge in [-0.05, 0) is 24.5 Å². The Morgan fingerprint density at radius 2 is 1.93 bits per heavy atom. The first-order valence-corrected chi connectivity index (χ1v) is 9.54. The van der Waals surface area contributed by atoms with E-state index in [1.807, 2.05) is 48.8 Å². The van der Waals surface area contributed by atoms with E-state index in [0.29, 0.717) is 25.6 Å². The predicted octanol–water partition coefficient (Wildman–Crippen LogP) is 3.73. The van der Waals surface area contributed by atoms with Crippen LogP contribution in [0, 0.1) is 0 Å². The normalized spacial score (nSPS) is 15.4. The lowest BCUT2D eigenvalue weighted by molar-refractivity contribution is 0.0868. The molecule has 1 aliphatic rings. The fourth-order valence-electron chi connectivity index (χ4n) is 3.95. The number of H-pyrrole nitrogens is 1. The Morgan fingerprint density at radius 1 is 1.11 bits per heavy atom. The molecule has 142 valence electrons. The van der Waals surface area contributed by atoms with Gasteiger partial charge in [0.25, 0.3) is 0 Å². The Bertz CT molecular complexity index is 1110. The number of hydrogen-bond acceptors (Lipinski definition) is 4. The average molecular weight is 375 g/mol. The summed E-state index contributed by atoms with van der Waals surface area (Å²) in [5, 5.41) is 0. The summed E-state index contributed by atoms with van der Waals surface area (Å²) < 4.78 is 7.64. The van der Waals surface area contributed by atoms with E-state index in [1.165, 1.54) is 5.69 Å². The number of hydrogen-bond donors (Lipinski definition) is 1. The van der Waals surface area contributed by atoms with Crippen molar-refractivity contribution in [2.45, 2.75) is 25.4 Å². The molecule has 28 heavy (non-hydrogen) atoms. The van der Waals surface area contributed by atoms with Crippen LogP contribution >= 0.6 is 0 Å². The number of carbonyl (C=O) groups excluding carboxylic acids is 1. The highest BCUT2D eigenvalue weighted by Crippen LogP contribution is 2.30. The van der Waals surface area contributed by atoms with E-state index in [9.17, 15) is 4.79 Å². The van der Waals surface area contributed by atoms with Gasteiger partial charge in [0.1, 0.15) is 6.61 Å². The number of rotatable bonds is 3. The summed E-state index contributed by atoms with van der Waals surface area (Å²) in [5.41, 5.74) is 4.93. The summed E-state index contributed by atoms with van der Waals surface area (Å²) in [6.07, 6.45) is 7.17. The van der Waals surface area contributed by atoms with Gasteiger partial charge in [0.2, 0.25) is 0 Å². The Hall–Kier alpha value is -3.35. The van der Waals surface area contributed by atoms with Crippen LogP contribution in [0.25, 0.3) is 16.8 Å². The molecule has 3 aromatic heterocycles. The van der Waals surface area contributed by atoms with Crippen molar-refractivity contribution in [3.05, 3.63) is 66.2 Å². The molecular formula is C21H21N5O2. The molecule has 7 heteroatoms. The van der Waals surface area contributed by atoms with Gasteiger partial charge in [-0.1, -0.05) is 30.3 Å². The maximum Gasteiger partial charge on any atom is 0.410 e. The summed E-state index contributed by atoms with van der Waals surface area (Å²) in [4.78, 5) is 26.3. The molecule has 0 unspecified atom stereocenters. The van der Waals surface area contributed by atoms with Crippen LogP contribution in [0.15, 0.2) is 55.0 Å². The lowest BCUT2D eigenvalue weighted by Crippen LogP contribution is -2.38. The summed E-state index contributed by atoms with van der Waals surface area (Å²) >= 11 is 0. The first-order chi connectivity index (χ1) is 13.8. The SMILES string of the molecule is O=C(OCc1ccccc1)N1CCC(c2cnc3cnc4[nH]ccc4n23)CC1. The number of nitrogens with one attached hydrogen (secondary N) is 1. The molecule has 0 aliphatic carbocycles. The van der Waals surface area contributed by atoms with E-state index in [1.54, 1.807) is 11.1 Å². The Morgan fingerprint density at radius 3 is 2.75 bits per heavy atom. The molecule has 1 N–H and O–H groups in total. The van der Waals surface area contributed by atoms with E-state index in [2.05, 4.69) is 19.4 Å². The number of ether oxygens (including phenoxy) is 1. The number of aromatic amines is 1. The van der Waals surface area contributed by atoms with E-state index in [0.717, 1.165) is 35.2 Å². The van der Waals surface area contributed by atoms with Gasteiger partial charge in [0.15, 0.2) is 11.3 Å². The first kappa shape index (κ1) is 16.8. The average Bonchev–Trinajstić information content (AvgIpc) is 3.39. The highest BCUT2D eigenvalue weighted by Gasteiger charge is 2.27. The van der Waals surface area contributed by atoms with Crippen LogP contribution in [0.2, 0.25) is 0 Å². The van der Waals surface area contributed by atoms with Crippen LogP contribution in [0.5, 0.6) is 0 Å². The summed E-state index contributed by atoms with van der Waals surface area (Å²) in [6, 6.07) is 11.8. The topological polar surface area (TPSA) is 75.5 Å². The Labute approximate surface area is 162 Å². The van der Waals surface area contributed by atoms with E-state index >= 15 is 0 Å². The molecule has 1 aromatic carbocycles. The minimum atomic E-state index is -0.238. The lowest BCUT2D eigenvalue weighted by Gasteiger charge is -2.31. The molecular weight excluding hydrogens is 354 g/mol. The zero-order chi connectivity index (χ0) is 18.9. The van der Waals surface area contributed by atoms with Crippen LogP contribution < -0.4 is 0 Å². The number of fused-ring (bicyclic) bond motifs is 3. The third-order valence-corrected chi connectivity index (χ3v) is 5.45. The Kier molecular flexibility index (Phi) is 4.20. The van der Waals surface area contributed by atoms with E-state index in [-0.39, 0.29) is 6.09 Å². The second-order valence-electron chi connectivity index (χ2n) is 7.15. The fraction of sp³-hybridized carbons (Fsp3) is 0.286.